The summed E-state index contributed by atoms with van der Waals surface area (Å²) in [5.74, 6) is 0.309. The molecule has 6 nitrogen and oxygen atoms in total. The van der Waals surface area contributed by atoms with Crippen molar-refractivity contribution < 1.29 is 9.90 Å². The minimum absolute atomic E-state index is 0.207. The van der Waals surface area contributed by atoms with Gasteiger partial charge < -0.3 is 19.9 Å². The van der Waals surface area contributed by atoms with Crippen LogP contribution in [-0.2, 0) is 6.42 Å². The van der Waals surface area contributed by atoms with Crippen molar-refractivity contribution in [2.45, 2.75) is 32.2 Å². The van der Waals surface area contributed by atoms with Crippen LogP contribution >= 0.6 is 0 Å². The molecule has 2 fully saturated rings. The van der Waals surface area contributed by atoms with Crippen molar-refractivity contribution in [3.8, 4) is 11.3 Å². The molecule has 1 aliphatic heterocycles. The third kappa shape index (κ3) is 3.57. The van der Waals surface area contributed by atoms with Gasteiger partial charge in [-0.1, -0.05) is 19.1 Å². The van der Waals surface area contributed by atoms with Gasteiger partial charge in [0.05, 0.1) is 5.69 Å². The van der Waals surface area contributed by atoms with Gasteiger partial charge in [0.2, 0.25) is 0 Å². The molecule has 154 valence electrons. The lowest BCUT2D eigenvalue weighted by Gasteiger charge is -2.27. The highest BCUT2D eigenvalue weighted by molar-refractivity contribution is 5.88. The van der Waals surface area contributed by atoms with Gasteiger partial charge in [0.15, 0.2) is 0 Å². The first-order valence-electron chi connectivity index (χ1n) is 10.4. The molecule has 0 bridgehead atoms. The average Bonchev–Trinajstić information content (AvgIpc) is 3.28. The lowest BCUT2D eigenvalue weighted by molar-refractivity contribution is 0.0695. The summed E-state index contributed by atoms with van der Waals surface area (Å²) in [7, 11) is 4.37. The van der Waals surface area contributed by atoms with E-state index in [4.69, 9.17) is 0 Å². The zero-order chi connectivity index (χ0) is 20.7. The number of benzene rings is 1. The molecular weight excluding hydrogens is 366 g/mol. The van der Waals surface area contributed by atoms with Crippen LogP contribution in [0.15, 0.2) is 35.1 Å². The van der Waals surface area contributed by atoms with E-state index >= 15 is 0 Å². The van der Waals surface area contributed by atoms with Crippen molar-refractivity contribution in [3.05, 3.63) is 51.8 Å². The fourth-order valence-electron chi connectivity index (χ4n) is 5.20. The predicted octanol–water partition coefficient (Wildman–Crippen LogP) is 3.08. The van der Waals surface area contributed by atoms with Crippen molar-refractivity contribution in [1.29, 1.82) is 0 Å². The zero-order valence-electron chi connectivity index (χ0n) is 17.3. The number of carboxylic acids is 1. The molecule has 2 aromatic rings. The largest absolute Gasteiger partial charge is 0.477 e. The van der Waals surface area contributed by atoms with Crippen molar-refractivity contribution in [2.24, 2.45) is 11.8 Å². The van der Waals surface area contributed by atoms with Gasteiger partial charge >= 0.3 is 5.97 Å². The summed E-state index contributed by atoms with van der Waals surface area (Å²) in [6, 6.07) is 10.4. The minimum Gasteiger partial charge on any atom is -0.477 e. The van der Waals surface area contributed by atoms with Crippen LogP contribution in [0, 0.1) is 11.8 Å². The number of aromatic carboxylic acids is 1. The highest BCUT2D eigenvalue weighted by Gasteiger charge is 2.43. The maximum Gasteiger partial charge on any atom is 0.341 e. The van der Waals surface area contributed by atoms with Gasteiger partial charge in [-0.05, 0) is 74.5 Å². The van der Waals surface area contributed by atoms with E-state index in [2.05, 4.69) is 41.0 Å². The van der Waals surface area contributed by atoms with Gasteiger partial charge in [-0.15, -0.1) is 0 Å². The number of H-pyrrole nitrogens is 1. The fourth-order valence-corrected chi connectivity index (χ4v) is 5.20. The molecule has 0 radical (unpaired) electrons. The molecule has 0 amide bonds. The Bertz CT molecular complexity index is 964. The number of fused-ring (bicyclic) bond motifs is 1. The molecule has 1 aromatic carbocycles. The van der Waals surface area contributed by atoms with E-state index in [1.807, 2.05) is 19.1 Å². The smallest absolute Gasteiger partial charge is 0.341 e. The second-order valence-electron chi connectivity index (χ2n) is 8.56. The van der Waals surface area contributed by atoms with E-state index in [9.17, 15) is 14.7 Å². The molecule has 2 aliphatic rings. The third-order valence-electron chi connectivity index (χ3n) is 6.74. The molecule has 3 atom stereocenters. The van der Waals surface area contributed by atoms with E-state index in [0.29, 0.717) is 18.2 Å². The maximum atomic E-state index is 12.1. The molecule has 6 heteroatoms. The average molecular weight is 396 g/mol. The molecule has 1 unspecified atom stereocenters. The predicted molar refractivity (Wildman–Crippen MR) is 115 cm³/mol. The number of hydrogen-bond donors (Lipinski definition) is 2. The number of aromatic nitrogens is 1. The number of anilines is 1. The highest BCUT2D eigenvalue weighted by atomic mass is 16.4. The normalized spacial score (nSPS) is 23.6. The van der Waals surface area contributed by atoms with Crippen LogP contribution in [0.25, 0.3) is 11.3 Å². The molecule has 1 saturated heterocycles. The van der Waals surface area contributed by atoms with E-state index in [1.54, 1.807) is 0 Å². The van der Waals surface area contributed by atoms with Crippen LogP contribution in [0.2, 0.25) is 0 Å². The number of carbonyl (C=O) groups is 1. The third-order valence-corrected chi connectivity index (χ3v) is 6.74. The lowest BCUT2D eigenvalue weighted by Crippen LogP contribution is -2.34. The van der Waals surface area contributed by atoms with Crippen molar-refractivity contribution in [3.63, 3.8) is 0 Å². The summed E-state index contributed by atoms with van der Waals surface area (Å²) in [6.07, 6.45) is 3.25. The number of nitrogens with zero attached hydrogens (tertiary/aromatic N) is 2. The molecule has 1 aliphatic carbocycles. The van der Waals surface area contributed by atoms with Gasteiger partial charge in [0.25, 0.3) is 5.56 Å². The summed E-state index contributed by atoms with van der Waals surface area (Å²) in [5, 5.41) is 9.20. The molecule has 2 N–H and O–H groups in total. The summed E-state index contributed by atoms with van der Waals surface area (Å²) < 4.78 is 0. The molecule has 1 saturated carbocycles. The molecule has 29 heavy (non-hydrogen) atoms. The first kappa shape index (κ1) is 19.7. The second-order valence-corrected chi connectivity index (χ2v) is 8.56. The Kier molecular flexibility index (Phi) is 5.21. The molecule has 0 spiro atoms. The maximum absolute atomic E-state index is 12.1. The SMILES string of the molecule is CCc1cc(C(=O)O)c(=O)[nH]c1-c1ccc(N2CC3[C@H](CC[C@H]3N(C)C)C2)cc1. The Labute approximate surface area is 171 Å². The monoisotopic (exact) mass is 395 g/mol. The standard InChI is InChI=1S/C23H29N3O3/c1-4-14-11-18(23(28)29)22(27)24-21(14)15-5-8-17(9-6-15)26-12-16-7-10-20(25(2)3)19(16)13-26/h5-6,8-9,11,16,19-20H,4,7,10,12-13H2,1-3H3,(H,24,27)(H,28,29)/t16-,19?,20-/m1/s1. The van der Waals surface area contributed by atoms with E-state index < -0.39 is 11.5 Å². The summed E-state index contributed by atoms with van der Waals surface area (Å²) in [5.41, 5.74) is 2.89. The Balaban J connectivity index is 1.57. The Hall–Kier alpha value is -2.60. The van der Waals surface area contributed by atoms with E-state index in [-0.39, 0.29) is 5.56 Å². The summed E-state index contributed by atoms with van der Waals surface area (Å²) in [4.78, 5) is 31.0. The summed E-state index contributed by atoms with van der Waals surface area (Å²) in [6.45, 7) is 4.16. The summed E-state index contributed by atoms with van der Waals surface area (Å²) >= 11 is 0. The van der Waals surface area contributed by atoms with Gasteiger partial charge in [0.1, 0.15) is 5.56 Å². The fraction of sp³-hybridized carbons (Fsp3) is 0.478. The van der Waals surface area contributed by atoms with Gasteiger partial charge in [-0.25, -0.2) is 4.79 Å². The van der Waals surface area contributed by atoms with Crippen LogP contribution in [0.3, 0.4) is 0 Å². The number of nitrogens with one attached hydrogen (secondary N) is 1. The van der Waals surface area contributed by atoms with Crippen LogP contribution < -0.4 is 10.5 Å². The molecular formula is C23H29N3O3. The van der Waals surface area contributed by atoms with Crippen molar-refractivity contribution in [2.75, 3.05) is 32.1 Å². The van der Waals surface area contributed by atoms with E-state index in [1.165, 1.54) is 24.6 Å². The van der Waals surface area contributed by atoms with Crippen LogP contribution in [0.4, 0.5) is 5.69 Å². The number of hydrogen-bond acceptors (Lipinski definition) is 4. The Morgan fingerprint density at radius 1 is 1.21 bits per heavy atom. The van der Waals surface area contributed by atoms with E-state index in [0.717, 1.165) is 36.1 Å². The van der Waals surface area contributed by atoms with Crippen LogP contribution in [0.5, 0.6) is 0 Å². The lowest BCUT2D eigenvalue weighted by atomic mass is 9.97. The topological polar surface area (TPSA) is 76.6 Å². The van der Waals surface area contributed by atoms with Gasteiger partial charge in [-0.3, -0.25) is 4.79 Å². The van der Waals surface area contributed by atoms with Crippen LogP contribution in [-0.4, -0.2) is 54.2 Å². The minimum atomic E-state index is -1.20. The van der Waals surface area contributed by atoms with Gasteiger partial charge in [0, 0.05) is 24.8 Å². The number of rotatable bonds is 5. The molecule has 2 heterocycles. The molecule has 4 rings (SSSR count). The van der Waals surface area contributed by atoms with Gasteiger partial charge in [-0.2, -0.15) is 0 Å². The number of pyridine rings is 1. The van der Waals surface area contributed by atoms with Crippen LogP contribution in [0.1, 0.15) is 35.7 Å². The number of carboxylic acid groups (broad SMARTS) is 1. The van der Waals surface area contributed by atoms with Crippen molar-refractivity contribution in [1.82, 2.24) is 9.88 Å². The second kappa shape index (κ2) is 7.67. The zero-order valence-corrected chi connectivity index (χ0v) is 17.3. The van der Waals surface area contributed by atoms with Crippen molar-refractivity contribution >= 4 is 11.7 Å². The first-order chi connectivity index (χ1) is 13.9. The Morgan fingerprint density at radius 2 is 1.93 bits per heavy atom. The number of aromatic amines is 1. The Morgan fingerprint density at radius 3 is 2.55 bits per heavy atom. The number of aryl methyl sites for hydroxylation is 1. The first-order valence-corrected chi connectivity index (χ1v) is 10.4. The molecule has 1 aromatic heterocycles. The highest BCUT2D eigenvalue weighted by Crippen LogP contribution is 2.41. The quantitative estimate of drug-likeness (QED) is 0.814.